The summed E-state index contributed by atoms with van der Waals surface area (Å²) in [6.07, 6.45) is 0. The van der Waals surface area contributed by atoms with E-state index in [2.05, 4.69) is 11.6 Å². The summed E-state index contributed by atoms with van der Waals surface area (Å²) >= 11 is 0. The summed E-state index contributed by atoms with van der Waals surface area (Å²) in [4.78, 5) is 0. The van der Waals surface area contributed by atoms with Crippen molar-refractivity contribution in [2.24, 2.45) is 0 Å². The zero-order valence-corrected chi connectivity index (χ0v) is 16.6. The molecule has 0 aromatic carbocycles. The molecular formula is H2K2O11S3. The van der Waals surface area contributed by atoms with Crippen LogP contribution in [0, 0.1) is 0 Å². The molecule has 0 aliphatic rings. The summed E-state index contributed by atoms with van der Waals surface area (Å²) in [6, 6.07) is 0. The fraction of sp³-hybridized carbons (Fsp3) is 0. The summed E-state index contributed by atoms with van der Waals surface area (Å²) in [5.41, 5.74) is 0. The van der Waals surface area contributed by atoms with Crippen molar-refractivity contribution >= 4 is 31.6 Å². The monoisotopic (exact) mass is 352 g/mol. The molecule has 0 bridgehead atoms. The summed E-state index contributed by atoms with van der Waals surface area (Å²) in [6.45, 7) is 0. The van der Waals surface area contributed by atoms with Crippen molar-refractivity contribution in [2.45, 2.75) is 0 Å². The minimum absolute atomic E-state index is 0. The number of rotatable bonds is 5. The van der Waals surface area contributed by atoms with Gasteiger partial charge in [-0.15, -0.1) is 4.33 Å². The summed E-state index contributed by atoms with van der Waals surface area (Å²) in [5.74, 6) is 0. The Hall–Kier alpha value is 3.08. The molecule has 0 aliphatic heterocycles. The van der Waals surface area contributed by atoms with Crippen LogP contribution in [0.25, 0.3) is 0 Å². The molecule has 0 aromatic heterocycles. The zero-order valence-electron chi connectivity index (χ0n) is 7.79. The van der Waals surface area contributed by atoms with Crippen LogP contribution in [0.15, 0.2) is 0 Å². The minimum atomic E-state index is -5.69. The van der Waals surface area contributed by atoms with Gasteiger partial charge < -0.3 is 9.11 Å². The van der Waals surface area contributed by atoms with Crippen molar-refractivity contribution in [3.05, 3.63) is 0 Å². The first-order valence-electron chi connectivity index (χ1n) is 2.25. The van der Waals surface area contributed by atoms with Crippen molar-refractivity contribution in [2.75, 3.05) is 0 Å². The predicted octanol–water partition coefficient (Wildman–Crippen LogP) is -8.80. The summed E-state index contributed by atoms with van der Waals surface area (Å²) in [7, 11) is -17.1. The normalized spacial score (nSPS) is 13.4. The second-order valence-corrected chi connectivity index (χ2v) is 5.38. The quantitative estimate of drug-likeness (QED) is 0.120. The van der Waals surface area contributed by atoms with Gasteiger partial charge in [0.2, 0.25) is 31.6 Å². The Morgan fingerprint density at radius 3 is 1.31 bits per heavy atom. The van der Waals surface area contributed by atoms with Crippen molar-refractivity contribution in [3.63, 3.8) is 0 Å². The van der Waals surface area contributed by atoms with E-state index in [0.29, 0.717) is 0 Å². The molecule has 11 nitrogen and oxygen atoms in total. The van der Waals surface area contributed by atoms with E-state index in [-0.39, 0.29) is 103 Å². The van der Waals surface area contributed by atoms with E-state index in [1.54, 1.807) is 0 Å². The molecule has 16 heteroatoms. The van der Waals surface area contributed by atoms with Gasteiger partial charge in [0.25, 0.3) is 0 Å². The maximum Gasteiger partial charge on any atom is 1.00 e. The van der Waals surface area contributed by atoms with Crippen molar-refractivity contribution in [1.29, 1.82) is 0 Å². The Kier molecular flexibility index (Phi) is 13.7. The average Bonchev–Trinajstić information content (AvgIpc) is 1.78. The average molecular weight is 352 g/mol. The van der Waals surface area contributed by atoms with Gasteiger partial charge >= 0.3 is 103 Å². The standard InChI is InChI=1S/2K.H4O11S3/c;;1-9-14(8,10-12(2,3)4)11-13(5,6)7/h;;1,14H,(H,2,3,4)(H,5,6,7)/q2*+1;/p-2. The van der Waals surface area contributed by atoms with Gasteiger partial charge in [0.1, 0.15) is 0 Å². The van der Waals surface area contributed by atoms with Crippen LogP contribution in [-0.2, 0) is 43.2 Å². The van der Waals surface area contributed by atoms with Crippen LogP contribution < -0.4 is 103 Å². The molecule has 0 radical (unpaired) electrons. The van der Waals surface area contributed by atoms with Crippen LogP contribution in [0.1, 0.15) is 0 Å². The molecule has 0 saturated heterocycles. The molecule has 0 heterocycles. The van der Waals surface area contributed by atoms with Gasteiger partial charge in [-0.05, 0) is 0 Å². The number of hydrogen-bond donors (Lipinski definition) is 2. The van der Waals surface area contributed by atoms with Gasteiger partial charge in [0.15, 0.2) is 0 Å². The molecular weight excluding hydrogens is 350 g/mol. The van der Waals surface area contributed by atoms with Crippen LogP contribution in [-0.4, -0.2) is 35.4 Å². The molecule has 0 rings (SSSR count). The Bertz CT molecular complexity index is 390. The second kappa shape index (κ2) is 9.10. The molecule has 1 N–H and O–H groups in total. The molecule has 0 unspecified atom stereocenters. The fourth-order valence-electron chi connectivity index (χ4n) is 0.263. The van der Waals surface area contributed by atoms with E-state index in [1.807, 2.05) is 0 Å². The van der Waals surface area contributed by atoms with Crippen LogP contribution in [0.3, 0.4) is 0 Å². The summed E-state index contributed by atoms with van der Waals surface area (Å²) in [5, 5.41) is 7.69. The van der Waals surface area contributed by atoms with Gasteiger partial charge in [-0.25, -0.2) is 26.3 Å². The second-order valence-electron chi connectivity index (χ2n) is 1.49. The third-order valence-corrected chi connectivity index (χ3v) is 3.59. The SMILES string of the molecule is O=S(=O)([O-])O[SH](=O)(OO)OS(=O)(=O)[O-].[K+].[K+]. The van der Waals surface area contributed by atoms with Crippen LogP contribution in [0.2, 0.25) is 0 Å². The number of hydrogen-bond acceptors (Lipinski definition) is 11. The number of thiol groups is 1. The van der Waals surface area contributed by atoms with E-state index >= 15 is 0 Å². The molecule has 0 fully saturated rings. The van der Waals surface area contributed by atoms with Crippen molar-refractivity contribution in [3.8, 4) is 0 Å². The zero-order chi connectivity index (χ0) is 11.6. The molecule has 88 valence electrons. The van der Waals surface area contributed by atoms with Crippen molar-refractivity contribution < 1.29 is 150 Å². The molecule has 0 saturated carbocycles. The first-order valence-corrected chi connectivity index (χ1v) is 6.37. The molecule has 16 heavy (non-hydrogen) atoms. The van der Waals surface area contributed by atoms with E-state index in [1.165, 1.54) is 0 Å². The van der Waals surface area contributed by atoms with Crippen molar-refractivity contribution in [1.82, 2.24) is 0 Å². The van der Waals surface area contributed by atoms with Gasteiger partial charge in [0, 0.05) is 0 Å². The van der Waals surface area contributed by atoms with Gasteiger partial charge in [-0.3, -0.25) is 0 Å². The van der Waals surface area contributed by atoms with Crippen LogP contribution in [0.5, 0.6) is 0 Å². The summed E-state index contributed by atoms with van der Waals surface area (Å²) < 4.78 is 77.5. The van der Waals surface area contributed by atoms with Gasteiger partial charge in [0.05, 0.1) is 0 Å². The van der Waals surface area contributed by atoms with Gasteiger partial charge in [-0.1, -0.05) is 0 Å². The topological polar surface area (TPSA) is 179 Å². The third kappa shape index (κ3) is 13.5. The molecule has 0 amide bonds. The third-order valence-electron chi connectivity index (χ3n) is 0.465. The Balaban J connectivity index is -0.000000845. The van der Waals surface area contributed by atoms with Gasteiger partial charge in [-0.2, -0.15) is 7.26 Å². The first kappa shape index (κ1) is 24.1. The van der Waals surface area contributed by atoms with Crippen LogP contribution in [0.4, 0.5) is 0 Å². The Labute approximate surface area is 177 Å². The molecule has 0 aliphatic carbocycles. The predicted molar refractivity (Wildman–Crippen MR) is 34.8 cm³/mol. The largest absolute Gasteiger partial charge is 1.00 e. The van der Waals surface area contributed by atoms with E-state index < -0.39 is 31.6 Å². The molecule has 0 atom stereocenters. The maximum absolute atomic E-state index is 10.5. The first-order chi connectivity index (χ1) is 5.97. The van der Waals surface area contributed by atoms with Crippen LogP contribution >= 0.6 is 0 Å². The molecule has 0 spiro atoms. The smallest absolute Gasteiger partial charge is 0.725 e. The van der Waals surface area contributed by atoms with E-state index in [4.69, 9.17) is 5.26 Å². The minimum Gasteiger partial charge on any atom is -0.725 e. The van der Waals surface area contributed by atoms with E-state index in [0.717, 1.165) is 0 Å². The maximum atomic E-state index is 10.5. The fourth-order valence-corrected chi connectivity index (χ4v) is 2.59. The Morgan fingerprint density at radius 1 is 0.938 bits per heavy atom. The Morgan fingerprint density at radius 2 is 1.19 bits per heavy atom. The molecule has 0 aromatic rings. The van der Waals surface area contributed by atoms with E-state index in [9.17, 15) is 30.1 Å².